The van der Waals surface area contributed by atoms with Crippen molar-refractivity contribution >= 4 is 28.1 Å². The Morgan fingerprint density at radius 3 is 2.78 bits per heavy atom. The Morgan fingerprint density at radius 2 is 1.95 bits per heavy atom. The van der Waals surface area contributed by atoms with E-state index in [1.165, 1.54) is 0 Å². The van der Waals surface area contributed by atoms with Crippen molar-refractivity contribution in [2.75, 3.05) is 44.8 Å². The Kier molecular flexibility index (Phi) is 7.67. The number of benzene rings is 1. The van der Waals surface area contributed by atoms with Crippen LogP contribution in [0.4, 0.5) is 5.69 Å². The van der Waals surface area contributed by atoms with Crippen molar-refractivity contribution < 1.29 is 14.3 Å². The molecule has 0 spiro atoms. The third-order valence-electron chi connectivity index (χ3n) is 7.43. The quantitative estimate of drug-likeness (QED) is 0.287. The smallest absolute Gasteiger partial charge is 0.274 e. The van der Waals surface area contributed by atoms with Crippen LogP contribution in [0, 0.1) is 6.92 Å². The molecule has 0 bridgehead atoms. The van der Waals surface area contributed by atoms with Gasteiger partial charge in [0.25, 0.3) is 5.91 Å². The van der Waals surface area contributed by atoms with Gasteiger partial charge in [-0.2, -0.15) is 5.10 Å². The van der Waals surface area contributed by atoms with Gasteiger partial charge in [0, 0.05) is 43.0 Å². The maximum Gasteiger partial charge on any atom is 0.274 e. The number of aromatic nitrogens is 5. The van der Waals surface area contributed by atoms with Crippen molar-refractivity contribution in [3.05, 3.63) is 83.7 Å². The molecule has 5 aromatic rings. The van der Waals surface area contributed by atoms with Crippen LogP contribution in [0.1, 0.15) is 47.3 Å². The van der Waals surface area contributed by atoms with Crippen LogP contribution >= 0.6 is 0 Å². The summed E-state index contributed by atoms with van der Waals surface area (Å²) in [6, 6.07) is 15.7. The van der Waals surface area contributed by atoms with Crippen LogP contribution in [0.5, 0.6) is 5.75 Å². The van der Waals surface area contributed by atoms with Crippen LogP contribution in [0.2, 0.25) is 0 Å². The number of nitrogens with one attached hydrogen (secondary N) is 1. The maximum atomic E-state index is 13.4. The fraction of sp³-hybridized carbons (Fsp3) is 0.355. The number of rotatable bonds is 9. The molecule has 0 saturated carbocycles. The fourth-order valence-corrected chi connectivity index (χ4v) is 5.23. The molecular weight excluding hydrogens is 518 g/mol. The van der Waals surface area contributed by atoms with E-state index in [9.17, 15) is 4.79 Å². The number of hydrogen-bond donors (Lipinski definition) is 1. The first-order valence-electron chi connectivity index (χ1n) is 14.1. The van der Waals surface area contributed by atoms with Gasteiger partial charge in [-0.1, -0.05) is 26.0 Å². The lowest BCUT2D eigenvalue weighted by Gasteiger charge is -2.26. The monoisotopic (exact) mass is 553 g/mol. The largest absolute Gasteiger partial charge is 0.492 e. The normalized spacial score (nSPS) is 14.2. The average Bonchev–Trinajstić information content (AvgIpc) is 3.55. The van der Waals surface area contributed by atoms with E-state index in [1.807, 2.05) is 60.3 Å². The second-order valence-corrected chi connectivity index (χ2v) is 10.6. The Bertz CT molecular complexity index is 1680. The number of carbonyl (C=O) groups excluding carboxylic acids is 1. The molecule has 1 saturated heterocycles. The van der Waals surface area contributed by atoms with Gasteiger partial charge < -0.3 is 14.8 Å². The van der Waals surface area contributed by atoms with E-state index in [0.29, 0.717) is 36.1 Å². The molecule has 41 heavy (non-hydrogen) atoms. The first kappa shape index (κ1) is 26.9. The first-order chi connectivity index (χ1) is 20.0. The number of morpholine rings is 1. The number of anilines is 1. The predicted octanol–water partition coefficient (Wildman–Crippen LogP) is 4.52. The average molecular weight is 554 g/mol. The molecule has 0 aliphatic carbocycles. The van der Waals surface area contributed by atoms with E-state index in [-0.39, 0.29) is 5.91 Å². The first-order valence-corrected chi connectivity index (χ1v) is 14.1. The van der Waals surface area contributed by atoms with Crippen LogP contribution in [0.15, 0.2) is 60.9 Å². The fourth-order valence-electron chi connectivity index (χ4n) is 5.23. The van der Waals surface area contributed by atoms with Crippen LogP contribution < -0.4 is 10.1 Å². The zero-order valence-corrected chi connectivity index (χ0v) is 23.7. The third-order valence-corrected chi connectivity index (χ3v) is 7.43. The predicted molar refractivity (Wildman–Crippen MR) is 158 cm³/mol. The molecular formula is C31H35N7O3. The van der Waals surface area contributed by atoms with E-state index < -0.39 is 0 Å². The van der Waals surface area contributed by atoms with Gasteiger partial charge >= 0.3 is 0 Å². The molecule has 4 aromatic heterocycles. The summed E-state index contributed by atoms with van der Waals surface area (Å²) >= 11 is 0. The zero-order valence-electron chi connectivity index (χ0n) is 23.7. The van der Waals surface area contributed by atoms with E-state index >= 15 is 0 Å². The highest BCUT2D eigenvalue weighted by atomic mass is 16.5. The zero-order chi connectivity index (χ0) is 28.3. The van der Waals surface area contributed by atoms with Crippen molar-refractivity contribution in [3.63, 3.8) is 0 Å². The molecule has 1 aliphatic heterocycles. The van der Waals surface area contributed by atoms with Crippen molar-refractivity contribution in [1.82, 2.24) is 29.0 Å². The minimum absolute atomic E-state index is 0.246. The molecule has 6 rings (SSSR count). The van der Waals surface area contributed by atoms with Gasteiger partial charge in [-0.15, -0.1) is 0 Å². The van der Waals surface area contributed by atoms with Crippen molar-refractivity contribution in [2.24, 2.45) is 0 Å². The van der Waals surface area contributed by atoms with Crippen molar-refractivity contribution in [2.45, 2.75) is 33.2 Å². The lowest BCUT2D eigenvalue weighted by Crippen LogP contribution is -2.38. The number of nitrogens with zero attached hydrogens (tertiary/aromatic N) is 6. The summed E-state index contributed by atoms with van der Waals surface area (Å²) in [5.74, 6) is 0.834. The van der Waals surface area contributed by atoms with E-state index in [1.54, 1.807) is 10.6 Å². The van der Waals surface area contributed by atoms with E-state index in [2.05, 4.69) is 35.1 Å². The molecule has 5 heterocycles. The van der Waals surface area contributed by atoms with Gasteiger partial charge in [0.05, 0.1) is 48.5 Å². The number of pyridine rings is 2. The van der Waals surface area contributed by atoms with Crippen LogP contribution in [-0.2, 0) is 11.3 Å². The highest BCUT2D eigenvalue weighted by Gasteiger charge is 2.18. The maximum absolute atomic E-state index is 13.4. The number of hydrogen-bond acceptors (Lipinski definition) is 7. The van der Waals surface area contributed by atoms with E-state index in [0.717, 1.165) is 66.6 Å². The van der Waals surface area contributed by atoms with Gasteiger partial charge in [0.1, 0.15) is 23.7 Å². The molecule has 1 amide bonds. The second kappa shape index (κ2) is 11.7. The summed E-state index contributed by atoms with van der Waals surface area (Å²) in [5.41, 5.74) is 5.59. The molecule has 0 radical (unpaired) electrons. The molecule has 1 N–H and O–H groups in total. The highest BCUT2D eigenvalue weighted by Crippen LogP contribution is 2.28. The van der Waals surface area contributed by atoms with Gasteiger partial charge in [0.15, 0.2) is 0 Å². The van der Waals surface area contributed by atoms with Crippen molar-refractivity contribution in [3.8, 4) is 5.75 Å². The third kappa shape index (κ3) is 5.79. The van der Waals surface area contributed by atoms with Gasteiger partial charge in [0.2, 0.25) is 0 Å². The lowest BCUT2D eigenvalue weighted by molar-refractivity contribution is 0.0322. The summed E-state index contributed by atoms with van der Waals surface area (Å²) in [5, 5.41) is 8.79. The molecule has 212 valence electrons. The number of aryl methyl sites for hydroxylation is 1. The molecule has 10 nitrogen and oxygen atoms in total. The summed E-state index contributed by atoms with van der Waals surface area (Å²) in [4.78, 5) is 25.0. The minimum atomic E-state index is -0.246. The number of carbonyl (C=O) groups is 1. The molecule has 10 heteroatoms. The molecule has 1 aromatic carbocycles. The molecule has 1 fully saturated rings. The van der Waals surface area contributed by atoms with Crippen molar-refractivity contribution in [1.29, 1.82) is 0 Å². The number of imidazole rings is 1. The number of amides is 1. The molecule has 0 atom stereocenters. The lowest BCUT2D eigenvalue weighted by atomic mass is 10.1. The topological polar surface area (TPSA) is 98.8 Å². The van der Waals surface area contributed by atoms with Gasteiger partial charge in [-0.3, -0.25) is 23.8 Å². The van der Waals surface area contributed by atoms with Crippen LogP contribution in [-0.4, -0.2) is 74.4 Å². The molecule has 1 aliphatic rings. The second-order valence-electron chi connectivity index (χ2n) is 10.6. The summed E-state index contributed by atoms with van der Waals surface area (Å²) in [6.07, 6.45) is 3.41. The Labute approximate surface area is 238 Å². The van der Waals surface area contributed by atoms with Gasteiger partial charge in [-0.05, 0) is 43.2 Å². The SMILES string of the molecule is Cc1nn(Cc2cccc(C(C)C)n2)c2cccc(NC(=O)c3cnc4cc(OCCN5CCOCC5)ccn34)c12. The van der Waals surface area contributed by atoms with E-state index in [4.69, 9.17) is 19.6 Å². The molecule has 0 unspecified atom stereocenters. The summed E-state index contributed by atoms with van der Waals surface area (Å²) in [7, 11) is 0. The Hall–Kier alpha value is -4.28. The van der Waals surface area contributed by atoms with Crippen LogP contribution in [0.3, 0.4) is 0 Å². The number of fused-ring (bicyclic) bond motifs is 2. The van der Waals surface area contributed by atoms with Crippen LogP contribution in [0.25, 0.3) is 16.6 Å². The Balaban J connectivity index is 1.18. The standard InChI is InChI=1S/C31H35N7O3/c1-21(2)25-7-4-6-23(33-25)20-38-27-9-5-8-26(30(27)22(3)35-38)34-31(39)28-19-32-29-18-24(10-11-37(28)29)41-17-14-36-12-15-40-16-13-36/h4-11,18-19,21H,12-17,20H2,1-3H3,(H,34,39). The van der Waals surface area contributed by atoms with Gasteiger partial charge in [-0.25, -0.2) is 4.98 Å². The highest BCUT2D eigenvalue weighted by molar-refractivity contribution is 6.08. The summed E-state index contributed by atoms with van der Waals surface area (Å²) in [6.45, 7) is 11.6. The summed E-state index contributed by atoms with van der Waals surface area (Å²) < 4.78 is 15.1. The Morgan fingerprint density at radius 1 is 1.12 bits per heavy atom. The minimum Gasteiger partial charge on any atom is -0.492 e. The number of ether oxygens (including phenoxy) is 2.